The number of amides is 2. The molecular weight excluding hydrogens is 446 g/mol. The van der Waals surface area contributed by atoms with Crippen LogP contribution in [0.5, 0.6) is 0 Å². The van der Waals surface area contributed by atoms with Gasteiger partial charge in [-0.25, -0.2) is 4.90 Å². The van der Waals surface area contributed by atoms with Gasteiger partial charge in [0.05, 0.1) is 28.4 Å². The summed E-state index contributed by atoms with van der Waals surface area (Å²) in [5.41, 5.74) is 3.16. The molecule has 1 saturated carbocycles. The Morgan fingerprint density at radius 2 is 1.22 bits per heavy atom. The number of benzene rings is 3. The lowest BCUT2D eigenvalue weighted by Crippen LogP contribution is -2.41. The van der Waals surface area contributed by atoms with E-state index in [-0.39, 0.29) is 17.6 Å². The van der Waals surface area contributed by atoms with E-state index in [0.717, 1.165) is 27.8 Å². The molecule has 1 aliphatic heterocycles. The van der Waals surface area contributed by atoms with Crippen molar-refractivity contribution in [2.45, 2.75) is 33.6 Å². The zero-order chi connectivity index (χ0) is 25.2. The number of hydrogen-bond acceptors (Lipinski definition) is 3. The van der Waals surface area contributed by atoms with E-state index in [1.807, 2.05) is 106 Å². The molecule has 4 nitrogen and oxygen atoms in total. The van der Waals surface area contributed by atoms with E-state index >= 15 is 0 Å². The molecule has 4 heteroatoms. The number of nitrogens with zero attached hydrogens (tertiary/aromatic N) is 1. The number of Topliss-reactive ketones (excluding diaryl/α,β-unsaturated/α-hetero) is 1. The maximum absolute atomic E-state index is 14.5. The first-order valence-electron chi connectivity index (χ1n) is 12.8. The number of para-hydroxylation sites is 1. The summed E-state index contributed by atoms with van der Waals surface area (Å²) in [5.74, 6) is -1.91. The van der Waals surface area contributed by atoms with Crippen molar-refractivity contribution in [1.29, 1.82) is 0 Å². The zero-order valence-electron chi connectivity index (χ0n) is 20.8. The molecule has 0 radical (unpaired) electrons. The Labute approximate surface area is 211 Å². The van der Waals surface area contributed by atoms with Crippen molar-refractivity contribution in [3.63, 3.8) is 0 Å². The second-order valence-electron chi connectivity index (χ2n) is 10.3. The van der Waals surface area contributed by atoms with Crippen molar-refractivity contribution >= 4 is 34.4 Å². The summed E-state index contributed by atoms with van der Waals surface area (Å²) in [6.07, 6.45) is 1.17. The monoisotopic (exact) mass is 475 g/mol. The van der Waals surface area contributed by atoms with Crippen LogP contribution >= 0.6 is 0 Å². The van der Waals surface area contributed by atoms with E-state index in [4.69, 9.17) is 0 Å². The van der Waals surface area contributed by atoms with Gasteiger partial charge >= 0.3 is 0 Å². The Morgan fingerprint density at radius 3 is 1.81 bits per heavy atom. The number of allylic oxidation sites excluding steroid dienone is 2. The van der Waals surface area contributed by atoms with Crippen LogP contribution in [0.15, 0.2) is 84.9 Å². The molecule has 3 aromatic carbocycles. The predicted molar refractivity (Wildman–Crippen MR) is 141 cm³/mol. The summed E-state index contributed by atoms with van der Waals surface area (Å²) in [6, 6.07) is 27.5. The van der Waals surface area contributed by atoms with Crippen molar-refractivity contribution in [2.24, 2.45) is 22.7 Å². The first-order chi connectivity index (χ1) is 17.4. The number of anilines is 1. The summed E-state index contributed by atoms with van der Waals surface area (Å²) in [6.45, 7) is 5.91. The molecule has 180 valence electrons. The molecule has 3 aliphatic rings. The van der Waals surface area contributed by atoms with Gasteiger partial charge in [0.1, 0.15) is 0 Å². The van der Waals surface area contributed by atoms with Gasteiger partial charge in [-0.1, -0.05) is 92.7 Å². The molecule has 0 N–H and O–H groups in total. The zero-order valence-corrected chi connectivity index (χ0v) is 20.8. The van der Waals surface area contributed by atoms with Crippen molar-refractivity contribution in [3.8, 4) is 0 Å². The highest BCUT2D eigenvalue weighted by Crippen LogP contribution is 2.74. The molecule has 2 fully saturated rings. The Hall–Kier alpha value is -3.79. The second-order valence-corrected chi connectivity index (χ2v) is 10.3. The van der Waals surface area contributed by atoms with Gasteiger partial charge < -0.3 is 0 Å². The number of ketones is 1. The molecule has 3 aromatic rings. The van der Waals surface area contributed by atoms with E-state index in [1.165, 1.54) is 4.90 Å². The second kappa shape index (κ2) is 7.86. The number of fused-ring (bicyclic) bond motifs is 5. The predicted octanol–water partition coefficient (Wildman–Crippen LogP) is 5.96. The third kappa shape index (κ3) is 2.57. The molecule has 2 amide bonds. The average Bonchev–Trinajstić information content (AvgIpc) is 3.39. The van der Waals surface area contributed by atoms with E-state index in [9.17, 15) is 14.4 Å². The molecule has 36 heavy (non-hydrogen) atoms. The summed E-state index contributed by atoms with van der Waals surface area (Å²) in [7, 11) is 0. The highest BCUT2D eigenvalue weighted by Gasteiger charge is 2.79. The number of rotatable bonds is 5. The fraction of sp³-hybridized carbons (Fsp3) is 0.281. The maximum Gasteiger partial charge on any atom is 0.239 e. The minimum absolute atomic E-state index is 0.00957. The smallest absolute Gasteiger partial charge is 0.239 e. The Balaban J connectivity index is 1.65. The molecule has 4 atom stereocenters. The topological polar surface area (TPSA) is 54.5 Å². The third-order valence-electron chi connectivity index (χ3n) is 8.85. The quantitative estimate of drug-likeness (QED) is 0.428. The molecule has 2 aliphatic carbocycles. The number of carbonyl (C=O) groups is 3. The molecule has 0 aromatic heterocycles. The standard InChI is InChI=1S/C32H29NO3/c1-4-20-14-12-13-19-23(20)33-28(34)26-27(29(33)35)32(5-2)25(22-17-10-7-11-18-22)24(31(26,3)30(32)36)21-15-8-6-9-16-21/h6-19,26-27H,4-5H2,1-3H3/t26-,27+,31+,32+/m1/s1. The van der Waals surface area contributed by atoms with Crippen LogP contribution < -0.4 is 4.90 Å². The summed E-state index contributed by atoms with van der Waals surface area (Å²) in [4.78, 5) is 44.4. The molecule has 6 rings (SSSR count). The van der Waals surface area contributed by atoms with Crippen LogP contribution in [0, 0.1) is 22.7 Å². The highest BCUT2D eigenvalue weighted by atomic mass is 16.2. The van der Waals surface area contributed by atoms with Gasteiger partial charge in [-0.15, -0.1) is 0 Å². The van der Waals surface area contributed by atoms with Gasteiger partial charge in [-0.05, 0) is 53.7 Å². The highest BCUT2D eigenvalue weighted by molar-refractivity contribution is 6.34. The van der Waals surface area contributed by atoms with Crippen molar-refractivity contribution in [1.82, 2.24) is 0 Å². The van der Waals surface area contributed by atoms with Crippen LogP contribution in [0.2, 0.25) is 0 Å². The van der Waals surface area contributed by atoms with Gasteiger partial charge in [0.15, 0.2) is 5.78 Å². The average molecular weight is 476 g/mol. The molecular formula is C32H29NO3. The summed E-state index contributed by atoms with van der Waals surface area (Å²) < 4.78 is 0. The van der Waals surface area contributed by atoms with Gasteiger partial charge in [0.25, 0.3) is 0 Å². The van der Waals surface area contributed by atoms with Crippen LogP contribution in [0.4, 0.5) is 5.69 Å². The van der Waals surface area contributed by atoms with Crippen LogP contribution in [-0.4, -0.2) is 17.6 Å². The molecule has 1 heterocycles. The van der Waals surface area contributed by atoms with Crippen LogP contribution in [0.1, 0.15) is 43.9 Å². The summed E-state index contributed by atoms with van der Waals surface area (Å²) >= 11 is 0. The fourth-order valence-electron chi connectivity index (χ4n) is 7.39. The summed E-state index contributed by atoms with van der Waals surface area (Å²) in [5, 5.41) is 0. The lowest BCUT2D eigenvalue weighted by atomic mass is 9.62. The van der Waals surface area contributed by atoms with Crippen molar-refractivity contribution in [3.05, 3.63) is 102 Å². The van der Waals surface area contributed by atoms with E-state index in [0.29, 0.717) is 18.5 Å². The molecule has 1 saturated heterocycles. The molecule has 2 bridgehead atoms. The largest absolute Gasteiger partial charge is 0.298 e. The Bertz CT molecular complexity index is 1440. The van der Waals surface area contributed by atoms with E-state index in [1.54, 1.807) is 0 Å². The fourth-order valence-corrected chi connectivity index (χ4v) is 7.39. The van der Waals surface area contributed by atoms with Crippen LogP contribution in [0.25, 0.3) is 11.1 Å². The van der Waals surface area contributed by atoms with Gasteiger partial charge in [0, 0.05) is 0 Å². The van der Waals surface area contributed by atoms with Gasteiger partial charge in [-0.3, -0.25) is 14.4 Å². The van der Waals surface area contributed by atoms with E-state index < -0.39 is 22.7 Å². The molecule has 0 unspecified atom stereocenters. The van der Waals surface area contributed by atoms with Crippen LogP contribution in [0.3, 0.4) is 0 Å². The normalized spacial score (nSPS) is 28.9. The van der Waals surface area contributed by atoms with E-state index in [2.05, 4.69) is 0 Å². The van der Waals surface area contributed by atoms with Crippen LogP contribution in [-0.2, 0) is 20.8 Å². The lowest BCUT2D eigenvalue weighted by molar-refractivity contribution is -0.134. The van der Waals surface area contributed by atoms with Gasteiger partial charge in [0.2, 0.25) is 11.8 Å². The number of aryl methyl sites for hydroxylation is 1. The molecule has 0 spiro atoms. The van der Waals surface area contributed by atoms with Crippen molar-refractivity contribution < 1.29 is 14.4 Å². The third-order valence-corrected chi connectivity index (χ3v) is 8.85. The van der Waals surface area contributed by atoms with Crippen molar-refractivity contribution in [2.75, 3.05) is 4.90 Å². The SMILES string of the molecule is CCc1ccccc1N1C(=O)[C@@H]2[C@H](C1=O)[C@@]1(C)C(=O)[C@@]2(CC)C(c2ccccc2)=C1c1ccccc1. The number of hydrogen-bond donors (Lipinski definition) is 0. The minimum Gasteiger partial charge on any atom is -0.298 e. The first kappa shape index (κ1) is 22.7. The lowest BCUT2D eigenvalue weighted by Gasteiger charge is -2.37. The number of imide groups is 1. The Kier molecular flexibility index (Phi) is 4.95. The number of carbonyl (C=O) groups excluding carboxylic acids is 3. The minimum atomic E-state index is -1.09. The first-order valence-corrected chi connectivity index (χ1v) is 12.8. The maximum atomic E-state index is 14.5. The Morgan fingerprint density at radius 1 is 0.694 bits per heavy atom. The van der Waals surface area contributed by atoms with Gasteiger partial charge in [-0.2, -0.15) is 0 Å².